The molecule has 0 aliphatic rings. The maximum Gasteiger partial charge on any atom is 0.122 e. The predicted molar refractivity (Wildman–Crippen MR) is 43.6 cm³/mol. The van der Waals surface area contributed by atoms with Crippen molar-refractivity contribution in [1.29, 1.82) is 0 Å². The van der Waals surface area contributed by atoms with E-state index in [4.69, 9.17) is 4.42 Å². The quantitative estimate of drug-likeness (QED) is 0.707. The molecule has 3 heteroatoms. The molecule has 1 atom stereocenters. The van der Waals surface area contributed by atoms with Gasteiger partial charge in [0.1, 0.15) is 6.10 Å². The van der Waals surface area contributed by atoms with E-state index in [2.05, 4.69) is 4.98 Å². The zero-order chi connectivity index (χ0) is 8.39. The minimum absolute atomic E-state index is 0.612. The van der Waals surface area contributed by atoms with E-state index in [1.54, 1.807) is 18.5 Å². The number of hydrogen-bond donors (Lipinski definition) is 2. The summed E-state index contributed by atoms with van der Waals surface area (Å²) in [6.07, 6.45) is 4.24. The zero-order valence-electron chi connectivity index (χ0n) is 6.40. The molecule has 1 unspecified atom stereocenters. The summed E-state index contributed by atoms with van der Waals surface area (Å²) in [5.41, 5.74) is 1.54. The van der Waals surface area contributed by atoms with Gasteiger partial charge < -0.3 is 14.5 Å². The predicted octanol–water partition coefficient (Wildman–Crippen LogP) is 1.69. The van der Waals surface area contributed by atoms with Crippen molar-refractivity contribution in [3.8, 4) is 0 Å². The first-order valence-corrected chi connectivity index (χ1v) is 3.71. The number of hydrogen-bond acceptors (Lipinski definition) is 2. The highest BCUT2D eigenvalue weighted by atomic mass is 16.3. The SMILES string of the molecule is OC(c1ccoc1)c1ccc[nH]1. The van der Waals surface area contributed by atoms with E-state index < -0.39 is 6.10 Å². The van der Waals surface area contributed by atoms with Gasteiger partial charge in [0.2, 0.25) is 0 Å². The molecule has 2 aromatic heterocycles. The summed E-state index contributed by atoms with van der Waals surface area (Å²) in [6.45, 7) is 0. The number of H-pyrrole nitrogens is 1. The smallest absolute Gasteiger partial charge is 0.122 e. The summed E-state index contributed by atoms with van der Waals surface area (Å²) in [5, 5.41) is 9.68. The van der Waals surface area contributed by atoms with Crippen molar-refractivity contribution in [2.24, 2.45) is 0 Å². The van der Waals surface area contributed by atoms with Crippen molar-refractivity contribution in [2.75, 3.05) is 0 Å². The largest absolute Gasteiger partial charge is 0.472 e. The Balaban J connectivity index is 2.27. The van der Waals surface area contributed by atoms with Crippen LogP contribution in [-0.2, 0) is 0 Å². The summed E-state index contributed by atoms with van der Waals surface area (Å²) in [7, 11) is 0. The molecule has 62 valence electrons. The van der Waals surface area contributed by atoms with Crippen LogP contribution in [0, 0.1) is 0 Å². The second-order valence-corrected chi connectivity index (χ2v) is 2.58. The minimum Gasteiger partial charge on any atom is -0.472 e. The first-order chi connectivity index (χ1) is 5.88. The fourth-order valence-corrected chi connectivity index (χ4v) is 1.12. The van der Waals surface area contributed by atoms with E-state index in [9.17, 15) is 5.11 Å². The summed E-state index contributed by atoms with van der Waals surface area (Å²) >= 11 is 0. The molecule has 0 saturated carbocycles. The Labute approximate surface area is 69.7 Å². The lowest BCUT2D eigenvalue weighted by atomic mass is 10.1. The summed E-state index contributed by atoms with van der Waals surface area (Å²) in [5.74, 6) is 0. The van der Waals surface area contributed by atoms with Crippen molar-refractivity contribution >= 4 is 0 Å². The molecule has 0 aliphatic heterocycles. The second kappa shape index (κ2) is 2.87. The van der Waals surface area contributed by atoms with Crippen LogP contribution in [0.4, 0.5) is 0 Å². The van der Waals surface area contributed by atoms with Crippen LogP contribution >= 0.6 is 0 Å². The Morgan fingerprint density at radius 1 is 1.42 bits per heavy atom. The van der Waals surface area contributed by atoms with Crippen LogP contribution in [0.15, 0.2) is 41.3 Å². The van der Waals surface area contributed by atoms with Crippen molar-refractivity contribution in [2.45, 2.75) is 6.10 Å². The molecular weight excluding hydrogens is 154 g/mol. The number of aromatic amines is 1. The number of rotatable bonds is 2. The molecule has 0 amide bonds. The monoisotopic (exact) mass is 163 g/mol. The Morgan fingerprint density at radius 2 is 2.33 bits per heavy atom. The molecule has 0 aliphatic carbocycles. The van der Waals surface area contributed by atoms with Gasteiger partial charge in [-0.05, 0) is 18.2 Å². The first-order valence-electron chi connectivity index (χ1n) is 3.71. The van der Waals surface area contributed by atoms with Gasteiger partial charge in [-0.1, -0.05) is 0 Å². The number of aromatic nitrogens is 1. The van der Waals surface area contributed by atoms with Gasteiger partial charge in [0.25, 0.3) is 0 Å². The summed E-state index contributed by atoms with van der Waals surface area (Å²) < 4.78 is 4.86. The third-order valence-corrected chi connectivity index (χ3v) is 1.78. The van der Waals surface area contributed by atoms with Crippen molar-refractivity contribution in [3.63, 3.8) is 0 Å². The topological polar surface area (TPSA) is 49.2 Å². The van der Waals surface area contributed by atoms with E-state index in [1.807, 2.05) is 12.1 Å². The first kappa shape index (κ1) is 7.18. The zero-order valence-corrected chi connectivity index (χ0v) is 6.40. The highest BCUT2D eigenvalue weighted by Crippen LogP contribution is 2.19. The molecule has 3 nitrogen and oxygen atoms in total. The third-order valence-electron chi connectivity index (χ3n) is 1.78. The summed E-state index contributed by atoms with van der Waals surface area (Å²) in [6, 6.07) is 5.42. The summed E-state index contributed by atoms with van der Waals surface area (Å²) in [4.78, 5) is 2.93. The lowest BCUT2D eigenvalue weighted by molar-refractivity contribution is 0.215. The van der Waals surface area contributed by atoms with Crippen molar-refractivity contribution in [3.05, 3.63) is 48.2 Å². The van der Waals surface area contributed by atoms with Crippen molar-refractivity contribution in [1.82, 2.24) is 4.98 Å². The van der Waals surface area contributed by atoms with E-state index >= 15 is 0 Å². The average Bonchev–Trinajstić information content (AvgIpc) is 2.77. The van der Waals surface area contributed by atoms with Gasteiger partial charge in [-0.25, -0.2) is 0 Å². The molecule has 0 saturated heterocycles. The molecule has 0 spiro atoms. The normalized spacial score (nSPS) is 13.1. The second-order valence-electron chi connectivity index (χ2n) is 2.58. The number of nitrogens with one attached hydrogen (secondary N) is 1. The lowest BCUT2D eigenvalue weighted by Crippen LogP contribution is -1.97. The van der Waals surface area contributed by atoms with Gasteiger partial charge in [-0.15, -0.1) is 0 Å². The molecule has 12 heavy (non-hydrogen) atoms. The van der Waals surface area contributed by atoms with Gasteiger partial charge in [0, 0.05) is 17.5 Å². The molecule has 0 aromatic carbocycles. The standard InChI is InChI=1S/C9H9NO2/c11-9(7-3-5-12-6-7)8-2-1-4-10-8/h1-6,9-11H. The van der Waals surface area contributed by atoms with Crippen LogP contribution in [0.2, 0.25) is 0 Å². The number of aliphatic hydroxyl groups is 1. The average molecular weight is 163 g/mol. The van der Waals surface area contributed by atoms with Crippen LogP contribution in [0.25, 0.3) is 0 Å². The van der Waals surface area contributed by atoms with Crippen LogP contribution in [0.1, 0.15) is 17.4 Å². The third kappa shape index (κ3) is 1.14. The van der Waals surface area contributed by atoms with Gasteiger partial charge in [0.05, 0.1) is 12.5 Å². The van der Waals surface area contributed by atoms with E-state index in [1.165, 1.54) is 6.26 Å². The highest BCUT2D eigenvalue weighted by Gasteiger charge is 2.11. The Bertz CT molecular complexity index is 289. The molecular formula is C9H9NO2. The molecule has 0 radical (unpaired) electrons. The molecule has 2 N–H and O–H groups in total. The highest BCUT2D eigenvalue weighted by molar-refractivity contribution is 5.21. The van der Waals surface area contributed by atoms with Crippen LogP contribution in [0.5, 0.6) is 0 Å². The maximum atomic E-state index is 9.68. The Kier molecular flexibility index (Phi) is 1.72. The van der Waals surface area contributed by atoms with Gasteiger partial charge in [-0.2, -0.15) is 0 Å². The fourth-order valence-electron chi connectivity index (χ4n) is 1.12. The fraction of sp³-hybridized carbons (Fsp3) is 0.111. The van der Waals surface area contributed by atoms with E-state index in [0.717, 1.165) is 11.3 Å². The Morgan fingerprint density at radius 3 is 2.92 bits per heavy atom. The van der Waals surface area contributed by atoms with Crippen LogP contribution < -0.4 is 0 Å². The van der Waals surface area contributed by atoms with Crippen LogP contribution in [-0.4, -0.2) is 10.1 Å². The number of furan rings is 1. The van der Waals surface area contributed by atoms with Gasteiger partial charge in [-0.3, -0.25) is 0 Å². The van der Waals surface area contributed by atoms with Crippen molar-refractivity contribution < 1.29 is 9.52 Å². The van der Waals surface area contributed by atoms with Gasteiger partial charge in [0.15, 0.2) is 0 Å². The lowest BCUT2D eigenvalue weighted by Gasteiger charge is -2.04. The minimum atomic E-state index is -0.612. The molecule has 2 aromatic rings. The van der Waals surface area contributed by atoms with Gasteiger partial charge >= 0.3 is 0 Å². The molecule has 2 rings (SSSR count). The maximum absolute atomic E-state index is 9.68. The van der Waals surface area contributed by atoms with E-state index in [-0.39, 0.29) is 0 Å². The number of aliphatic hydroxyl groups excluding tert-OH is 1. The molecule has 2 heterocycles. The van der Waals surface area contributed by atoms with E-state index in [0.29, 0.717) is 0 Å². The molecule has 0 bridgehead atoms. The molecule has 0 fully saturated rings. The Hall–Kier alpha value is -1.48. The van der Waals surface area contributed by atoms with Crippen LogP contribution in [0.3, 0.4) is 0 Å².